The standard InChI is InChI=1S/C11H19N3S/c1-10(13-6-3-2-4-7-13)9-14-8-5-12-11(14)15/h5,8,10H,2-4,6-7,9H2,1H3,(H,12,15). The van der Waals surface area contributed by atoms with Crippen LogP contribution in [0.5, 0.6) is 0 Å². The molecule has 1 aliphatic rings. The van der Waals surface area contributed by atoms with Crippen LogP contribution in [0.15, 0.2) is 12.4 Å². The summed E-state index contributed by atoms with van der Waals surface area (Å²) in [5, 5.41) is 0. The summed E-state index contributed by atoms with van der Waals surface area (Å²) in [5.74, 6) is 0. The second-order valence-corrected chi connectivity index (χ2v) is 4.75. The third-order valence-electron chi connectivity index (χ3n) is 3.20. The lowest BCUT2D eigenvalue weighted by Gasteiger charge is -2.32. The molecule has 0 amide bonds. The minimum Gasteiger partial charge on any atom is -0.337 e. The highest BCUT2D eigenvalue weighted by molar-refractivity contribution is 7.71. The lowest BCUT2D eigenvalue weighted by atomic mass is 10.1. The molecular formula is C11H19N3S. The molecule has 0 saturated carbocycles. The summed E-state index contributed by atoms with van der Waals surface area (Å²) in [6.45, 7) is 5.79. The van der Waals surface area contributed by atoms with E-state index in [0.29, 0.717) is 6.04 Å². The number of imidazole rings is 1. The molecule has 1 fully saturated rings. The number of aromatic amines is 1. The normalized spacial score (nSPS) is 20.3. The average Bonchev–Trinajstić information content (AvgIpc) is 2.66. The molecule has 0 bridgehead atoms. The first kappa shape index (κ1) is 10.9. The molecule has 0 spiro atoms. The Morgan fingerprint density at radius 1 is 1.40 bits per heavy atom. The van der Waals surface area contributed by atoms with Gasteiger partial charge in [0.1, 0.15) is 0 Å². The predicted octanol–water partition coefficient (Wildman–Crippen LogP) is 2.42. The molecule has 4 heteroatoms. The highest BCUT2D eigenvalue weighted by Gasteiger charge is 2.16. The number of H-pyrrole nitrogens is 1. The number of likely N-dealkylation sites (tertiary alicyclic amines) is 1. The van der Waals surface area contributed by atoms with Gasteiger partial charge in [0.2, 0.25) is 0 Å². The molecule has 1 saturated heterocycles. The van der Waals surface area contributed by atoms with Crippen LogP contribution < -0.4 is 0 Å². The Balaban J connectivity index is 1.94. The Labute approximate surface area is 96.1 Å². The van der Waals surface area contributed by atoms with Crippen molar-refractivity contribution < 1.29 is 0 Å². The molecule has 1 aliphatic heterocycles. The van der Waals surface area contributed by atoms with Crippen LogP contribution >= 0.6 is 12.2 Å². The highest BCUT2D eigenvalue weighted by atomic mass is 32.1. The molecule has 0 radical (unpaired) electrons. The summed E-state index contributed by atoms with van der Waals surface area (Å²) in [6, 6.07) is 0.591. The molecule has 0 aromatic carbocycles. The number of nitrogens with one attached hydrogen (secondary N) is 1. The van der Waals surface area contributed by atoms with Gasteiger partial charge in [-0.2, -0.15) is 0 Å². The Morgan fingerprint density at radius 2 is 2.13 bits per heavy atom. The quantitative estimate of drug-likeness (QED) is 0.799. The molecule has 0 aliphatic carbocycles. The van der Waals surface area contributed by atoms with Gasteiger partial charge in [0.05, 0.1) is 0 Å². The van der Waals surface area contributed by atoms with E-state index in [1.165, 1.54) is 32.4 Å². The van der Waals surface area contributed by atoms with E-state index < -0.39 is 0 Å². The van der Waals surface area contributed by atoms with E-state index in [1.54, 1.807) is 0 Å². The molecule has 1 N–H and O–H groups in total. The number of aromatic nitrogens is 2. The van der Waals surface area contributed by atoms with Crippen molar-refractivity contribution in [3.63, 3.8) is 0 Å². The molecule has 15 heavy (non-hydrogen) atoms. The summed E-state index contributed by atoms with van der Waals surface area (Å²) in [5.41, 5.74) is 0. The Hall–Kier alpha value is -0.610. The molecule has 1 aromatic rings. The van der Waals surface area contributed by atoms with E-state index in [9.17, 15) is 0 Å². The van der Waals surface area contributed by atoms with E-state index in [-0.39, 0.29) is 0 Å². The number of nitrogens with zero attached hydrogens (tertiary/aromatic N) is 2. The van der Waals surface area contributed by atoms with Gasteiger partial charge < -0.3 is 9.55 Å². The molecule has 1 aromatic heterocycles. The largest absolute Gasteiger partial charge is 0.337 e. The van der Waals surface area contributed by atoms with E-state index in [0.717, 1.165) is 11.3 Å². The van der Waals surface area contributed by atoms with Crippen LogP contribution in [0, 0.1) is 4.77 Å². The highest BCUT2D eigenvalue weighted by Crippen LogP contribution is 2.13. The Bertz CT molecular complexity index is 349. The van der Waals surface area contributed by atoms with Gasteiger partial charge in [-0.25, -0.2) is 0 Å². The summed E-state index contributed by atoms with van der Waals surface area (Å²) in [4.78, 5) is 5.60. The molecular weight excluding hydrogens is 206 g/mol. The van der Waals surface area contributed by atoms with Gasteiger partial charge in [-0.1, -0.05) is 6.42 Å². The van der Waals surface area contributed by atoms with Crippen LogP contribution in [0.25, 0.3) is 0 Å². The zero-order valence-electron chi connectivity index (χ0n) is 9.28. The fourth-order valence-electron chi connectivity index (χ4n) is 2.25. The molecule has 84 valence electrons. The predicted molar refractivity (Wildman–Crippen MR) is 64.5 cm³/mol. The van der Waals surface area contributed by atoms with E-state index >= 15 is 0 Å². The van der Waals surface area contributed by atoms with Crippen molar-refractivity contribution in [2.24, 2.45) is 0 Å². The van der Waals surface area contributed by atoms with Crippen LogP contribution in [-0.2, 0) is 6.54 Å². The summed E-state index contributed by atoms with van der Waals surface area (Å²) >= 11 is 5.19. The van der Waals surface area contributed by atoms with Gasteiger partial charge in [0, 0.05) is 25.0 Å². The lowest BCUT2D eigenvalue weighted by molar-refractivity contribution is 0.159. The Morgan fingerprint density at radius 3 is 2.73 bits per heavy atom. The van der Waals surface area contributed by atoms with Crippen molar-refractivity contribution in [1.29, 1.82) is 0 Å². The molecule has 1 atom stereocenters. The maximum Gasteiger partial charge on any atom is 0.177 e. The van der Waals surface area contributed by atoms with Crippen LogP contribution in [0.3, 0.4) is 0 Å². The summed E-state index contributed by atoms with van der Waals surface area (Å²) < 4.78 is 2.95. The van der Waals surface area contributed by atoms with Gasteiger partial charge >= 0.3 is 0 Å². The van der Waals surface area contributed by atoms with Crippen molar-refractivity contribution in [2.75, 3.05) is 13.1 Å². The van der Waals surface area contributed by atoms with Crippen LogP contribution in [0.4, 0.5) is 0 Å². The number of rotatable bonds is 3. The first-order chi connectivity index (χ1) is 7.27. The Kier molecular flexibility index (Phi) is 3.59. The molecule has 3 nitrogen and oxygen atoms in total. The summed E-state index contributed by atoms with van der Waals surface area (Å²) in [6.07, 6.45) is 8.03. The minimum absolute atomic E-state index is 0.591. The maximum absolute atomic E-state index is 5.19. The van der Waals surface area contributed by atoms with E-state index in [1.807, 2.05) is 12.4 Å². The lowest BCUT2D eigenvalue weighted by Crippen LogP contribution is -2.39. The number of hydrogen-bond donors (Lipinski definition) is 1. The van der Waals surface area contributed by atoms with Crippen LogP contribution in [0.1, 0.15) is 26.2 Å². The van der Waals surface area contributed by atoms with Gasteiger partial charge in [-0.05, 0) is 45.1 Å². The third kappa shape index (κ3) is 2.69. The minimum atomic E-state index is 0.591. The SMILES string of the molecule is CC(Cn1cc[nH]c1=S)N1CCCCC1. The van der Waals surface area contributed by atoms with Crippen LogP contribution in [0.2, 0.25) is 0 Å². The summed E-state index contributed by atoms with van der Waals surface area (Å²) in [7, 11) is 0. The molecule has 2 rings (SSSR count). The topological polar surface area (TPSA) is 24.0 Å². The van der Waals surface area contributed by atoms with Gasteiger partial charge in [0.15, 0.2) is 4.77 Å². The van der Waals surface area contributed by atoms with Gasteiger partial charge in [-0.3, -0.25) is 4.90 Å². The number of hydrogen-bond acceptors (Lipinski definition) is 2. The fourth-order valence-corrected chi connectivity index (χ4v) is 2.46. The second kappa shape index (κ2) is 4.94. The van der Waals surface area contributed by atoms with Crippen molar-refractivity contribution in [1.82, 2.24) is 14.5 Å². The van der Waals surface area contributed by atoms with Crippen molar-refractivity contribution >= 4 is 12.2 Å². The van der Waals surface area contributed by atoms with Crippen LogP contribution in [-0.4, -0.2) is 33.6 Å². The van der Waals surface area contributed by atoms with Crippen molar-refractivity contribution in [3.05, 3.63) is 17.2 Å². The number of piperidine rings is 1. The first-order valence-corrected chi connectivity index (χ1v) is 6.16. The van der Waals surface area contributed by atoms with Gasteiger partial charge in [0.25, 0.3) is 0 Å². The third-order valence-corrected chi connectivity index (χ3v) is 3.55. The van der Waals surface area contributed by atoms with Gasteiger partial charge in [-0.15, -0.1) is 0 Å². The molecule has 2 heterocycles. The van der Waals surface area contributed by atoms with E-state index in [4.69, 9.17) is 12.2 Å². The zero-order chi connectivity index (χ0) is 10.7. The van der Waals surface area contributed by atoms with E-state index in [2.05, 4.69) is 21.4 Å². The smallest absolute Gasteiger partial charge is 0.177 e. The second-order valence-electron chi connectivity index (χ2n) is 4.36. The maximum atomic E-state index is 5.19. The first-order valence-electron chi connectivity index (χ1n) is 5.75. The van der Waals surface area contributed by atoms with Crippen molar-refractivity contribution in [2.45, 2.75) is 38.8 Å². The molecule has 1 unspecified atom stereocenters. The monoisotopic (exact) mass is 225 g/mol. The van der Waals surface area contributed by atoms with Crippen molar-refractivity contribution in [3.8, 4) is 0 Å². The average molecular weight is 225 g/mol. The zero-order valence-corrected chi connectivity index (χ0v) is 10.1. The fraction of sp³-hybridized carbons (Fsp3) is 0.727.